The van der Waals surface area contributed by atoms with E-state index >= 15 is 0 Å². The molecule has 0 bridgehead atoms. The lowest BCUT2D eigenvalue weighted by molar-refractivity contribution is -0.138. The first-order valence-corrected chi connectivity index (χ1v) is 7.15. The van der Waals surface area contributed by atoms with E-state index in [9.17, 15) is 9.90 Å². The first kappa shape index (κ1) is 14.9. The van der Waals surface area contributed by atoms with Gasteiger partial charge in [-0.15, -0.1) is 0 Å². The lowest BCUT2D eigenvalue weighted by Gasteiger charge is -2.17. The number of nitrogens with one attached hydrogen (secondary N) is 1. The fourth-order valence-corrected chi connectivity index (χ4v) is 2.22. The number of carboxylic acid groups (broad SMARTS) is 1. The maximum Gasteiger partial charge on any atom is 0.330 e. The average Bonchev–Trinajstić information content (AvgIpc) is 2.41. The van der Waals surface area contributed by atoms with Crippen LogP contribution < -0.4 is 5.32 Å². The molecule has 3 nitrogen and oxygen atoms in total. The summed E-state index contributed by atoms with van der Waals surface area (Å²) in [5.41, 5.74) is 2.40. The average molecular weight is 355 g/mol. The van der Waals surface area contributed by atoms with Crippen LogP contribution in [0.25, 0.3) is 0 Å². The number of carboxylic acids is 1. The minimum Gasteiger partial charge on any atom is -0.479 e. The lowest BCUT2D eigenvalue weighted by Crippen LogP contribution is -2.20. The van der Waals surface area contributed by atoms with Gasteiger partial charge in [-0.3, -0.25) is 0 Å². The van der Waals surface area contributed by atoms with Gasteiger partial charge in [0.1, 0.15) is 0 Å². The Labute approximate surface area is 130 Å². The molecule has 20 heavy (non-hydrogen) atoms. The highest BCUT2D eigenvalue weighted by Crippen LogP contribution is 2.25. The summed E-state index contributed by atoms with van der Waals surface area (Å²) < 4.78 is 0.955. The highest BCUT2D eigenvalue weighted by atomic mass is 79.9. The second-order valence-electron chi connectivity index (χ2n) is 4.43. The fraction of sp³-hybridized carbons (Fsp3) is 0.133. The second-order valence-corrected chi connectivity index (χ2v) is 5.72. The quantitative estimate of drug-likeness (QED) is 0.840. The first-order valence-electron chi connectivity index (χ1n) is 5.98. The van der Waals surface area contributed by atoms with Crippen LogP contribution in [0.3, 0.4) is 0 Å². The molecule has 0 amide bonds. The van der Waals surface area contributed by atoms with Crippen molar-refractivity contribution in [3.63, 3.8) is 0 Å². The van der Waals surface area contributed by atoms with Gasteiger partial charge in [0.25, 0.3) is 0 Å². The number of benzene rings is 2. The second kappa shape index (κ2) is 6.29. The Kier molecular flexibility index (Phi) is 4.68. The molecule has 2 aromatic rings. The number of hydrogen-bond acceptors (Lipinski definition) is 2. The molecule has 104 valence electrons. The molecule has 0 fully saturated rings. The smallest absolute Gasteiger partial charge is 0.330 e. The van der Waals surface area contributed by atoms with Gasteiger partial charge in [0.2, 0.25) is 0 Å². The van der Waals surface area contributed by atoms with Gasteiger partial charge >= 0.3 is 5.97 Å². The maximum atomic E-state index is 11.5. The summed E-state index contributed by atoms with van der Waals surface area (Å²) in [5.74, 6) is -0.929. The Bertz CT molecular complexity index is 628. The van der Waals surface area contributed by atoms with Crippen LogP contribution in [0.15, 0.2) is 46.9 Å². The molecular weight excluding hydrogens is 342 g/mol. The normalized spacial score (nSPS) is 11.9. The summed E-state index contributed by atoms with van der Waals surface area (Å²) in [5, 5.41) is 13.0. The molecule has 0 radical (unpaired) electrons. The number of aryl methyl sites for hydroxylation is 1. The van der Waals surface area contributed by atoms with Gasteiger partial charge in [-0.25, -0.2) is 4.79 Å². The minimum absolute atomic E-state index is 0.613. The van der Waals surface area contributed by atoms with Gasteiger partial charge in [0.05, 0.1) is 0 Å². The van der Waals surface area contributed by atoms with Crippen LogP contribution in [0.2, 0.25) is 5.02 Å². The van der Waals surface area contributed by atoms with Gasteiger partial charge in [0, 0.05) is 15.2 Å². The molecule has 5 heteroatoms. The Morgan fingerprint density at radius 2 is 1.90 bits per heavy atom. The Hall–Kier alpha value is -1.52. The van der Waals surface area contributed by atoms with Crippen LogP contribution in [0.5, 0.6) is 0 Å². The van der Waals surface area contributed by atoms with E-state index in [-0.39, 0.29) is 0 Å². The standard InChI is InChI=1S/C15H13BrClNO2/c1-9-8-10(2-7-13(9)16)14(15(19)20)18-12-5-3-11(17)4-6-12/h2-8,14,18H,1H3,(H,19,20). The molecule has 1 unspecified atom stereocenters. The van der Waals surface area contributed by atoms with Crippen LogP contribution in [0.4, 0.5) is 5.69 Å². The number of anilines is 1. The molecule has 2 N–H and O–H groups in total. The third kappa shape index (κ3) is 3.52. The number of rotatable bonds is 4. The zero-order valence-corrected chi connectivity index (χ0v) is 13.1. The monoisotopic (exact) mass is 353 g/mol. The van der Waals surface area contributed by atoms with Gasteiger partial charge in [0.15, 0.2) is 6.04 Å². The summed E-state index contributed by atoms with van der Waals surface area (Å²) in [6.07, 6.45) is 0. The van der Waals surface area contributed by atoms with Crippen molar-refractivity contribution in [3.05, 3.63) is 63.1 Å². The third-order valence-electron chi connectivity index (χ3n) is 2.92. The molecule has 0 aliphatic carbocycles. The fourth-order valence-electron chi connectivity index (χ4n) is 1.85. The Balaban J connectivity index is 2.29. The first-order chi connectivity index (χ1) is 9.47. The zero-order valence-electron chi connectivity index (χ0n) is 10.7. The molecular formula is C15H13BrClNO2. The lowest BCUT2D eigenvalue weighted by atomic mass is 10.0. The van der Waals surface area contributed by atoms with Crippen molar-refractivity contribution in [2.45, 2.75) is 13.0 Å². The van der Waals surface area contributed by atoms with Crippen molar-refractivity contribution in [3.8, 4) is 0 Å². The van der Waals surface area contributed by atoms with Gasteiger partial charge in [-0.05, 0) is 48.4 Å². The molecule has 0 aliphatic rings. The van der Waals surface area contributed by atoms with E-state index in [4.69, 9.17) is 11.6 Å². The zero-order chi connectivity index (χ0) is 14.7. The van der Waals surface area contributed by atoms with E-state index in [1.165, 1.54) is 0 Å². The van der Waals surface area contributed by atoms with Gasteiger partial charge in [-0.2, -0.15) is 0 Å². The van der Waals surface area contributed by atoms with Gasteiger partial charge in [-0.1, -0.05) is 39.7 Å². The number of aliphatic carboxylic acids is 1. The molecule has 2 rings (SSSR count). The van der Waals surface area contributed by atoms with Crippen molar-refractivity contribution in [2.75, 3.05) is 5.32 Å². The largest absolute Gasteiger partial charge is 0.479 e. The summed E-state index contributed by atoms with van der Waals surface area (Å²) in [6, 6.07) is 11.6. The van der Waals surface area contributed by atoms with E-state index in [0.29, 0.717) is 16.3 Å². The van der Waals surface area contributed by atoms with E-state index in [0.717, 1.165) is 10.0 Å². The molecule has 2 aromatic carbocycles. The van der Waals surface area contributed by atoms with Crippen LogP contribution in [-0.4, -0.2) is 11.1 Å². The summed E-state index contributed by atoms with van der Waals surface area (Å²) in [6.45, 7) is 1.93. The van der Waals surface area contributed by atoms with Crippen LogP contribution in [0, 0.1) is 6.92 Å². The highest BCUT2D eigenvalue weighted by Gasteiger charge is 2.20. The van der Waals surface area contributed by atoms with Crippen molar-refractivity contribution in [1.29, 1.82) is 0 Å². The van der Waals surface area contributed by atoms with E-state index in [1.54, 1.807) is 30.3 Å². The van der Waals surface area contributed by atoms with Crippen LogP contribution >= 0.6 is 27.5 Å². The molecule has 0 heterocycles. The van der Waals surface area contributed by atoms with E-state index in [1.807, 2.05) is 19.1 Å². The topological polar surface area (TPSA) is 49.3 Å². The molecule has 0 spiro atoms. The van der Waals surface area contributed by atoms with Crippen molar-refractivity contribution in [1.82, 2.24) is 0 Å². The molecule has 0 saturated heterocycles. The SMILES string of the molecule is Cc1cc(C(Nc2ccc(Cl)cc2)C(=O)O)ccc1Br. The Morgan fingerprint density at radius 1 is 1.25 bits per heavy atom. The number of carbonyl (C=O) groups is 1. The molecule has 0 saturated carbocycles. The number of hydrogen-bond donors (Lipinski definition) is 2. The predicted molar refractivity (Wildman–Crippen MR) is 84.3 cm³/mol. The Morgan fingerprint density at radius 3 is 2.45 bits per heavy atom. The molecule has 0 aliphatic heterocycles. The predicted octanol–water partition coefficient (Wildman–Crippen LogP) is 4.65. The number of halogens is 2. The van der Waals surface area contributed by atoms with E-state index < -0.39 is 12.0 Å². The molecule has 1 atom stereocenters. The minimum atomic E-state index is -0.929. The summed E-state index contributed by atoms with van der Waals surface area (Å²) >= 11 is 9.22. The van der Waals surface area contributed by atoms with Gasteiger partial charge < -0.3 is 10.4 Å². The van der Waals surface area contributed by atoms with E-state index in [2.05, 4.69) is 21.2 Å². The maximum absolute atomic E-state index is 11.5. The van der Waals surface area contributed by atoms with Crippen molar-refractivity contribution in [2.24, 2.45) is 0 Å². The summed E-state index contributed by atoms with van der Waals surface area (Å²) in [4.78, 5) is 11.5. The third-order valence-corrected chi connectivity index (χ3v) is 4.06. The van der Waals surface area contributed by atoms with Crippen LogP contribution in [0.1, 0.15) is 17.2 Å². The van der Waals surface area contributed by atoms with Crippen molar-refractivity contribution < 1.29 is 9.90 Å². The highest BCUT2D eigenvalue weighted by molar-refractivity contribution is 9.10. The summed E-state index contributed by atoms with van der Waals surface area (Å²) in [7, 11) is 0. The van der Waals surface area contributed by atoms with Crippen LogP contribution in [-0.2, 0) is 4.79 Å². The molecule has 0 aromatic heterocycles. The van der Waals surface area contributed by atoms with Crippen molar-refractivity contribution >= 4 is 39.2 Å².